The van der Waals surface area contributed by atoms with Crippen molar-refractivity contribution in [1.82, 2.24) is 4.90 Å². The molecule has 2 aromatic carbocycles. The lowest BCUT2D eigenvalue weighted by molar-refractivity contribution is -0.122. The minimum Gasteiger partial charge on any atom is -0.507 e. The van der Waals surface area contributed by atoms with Gasteiger partial charge in [-0.05, 0) is 59.8 Å². The number of nitrogens with zero attached hydrogens (tertiary/aromatic N) is 3. The first kappa shape index (κ1) is 22.2. The van der Waals surface area contributed by atoms with Gasteiger partial charge in [-0.3, -0.25) is 9.69 Å². The normalized spacial score (nSPS) is 16.3. The molecule has 1 N–H and O–H groups in total. The second-order valence-corrected chi connectivity index (χ2v) is 7.89. The third-order valence-corrected chi connectivity index (χ3v) is 5.76. The quantitative estimate of drug-likeness (QED) is 0.315. The van der Waals surface area contributed by atoms with Crippen LogP contribution in [0, 0.1) is 0 Å². The summed E-state index contributed by atoms with van der Waals surface area (Å²) in [5.74, 6) is 1.66. The van der Waals surface area contributed by atoms with E-state index in [2.05, 4.69) is 10.2 Å². The van der Waals surface area contributed by atoms with Crippen molar-refractivity contribution in [1.29, 1.82) is 0 Å². The Morgan fingerprint density at radius 3 is 2.64 bits per heavy atom. The number of methoxy groups -OCH3 is 2. The first-order valence-electron chi connectivity index (χ1n) is 9.94. The van der Waals surface area contributed by atoms with Gasteiger partial charge >= 0.3 is 0 Å². The number of amides is 1. The summed E-state index contributed by atoms with van der Waals surface area (Å²) in [5.41, 5.74) is 1.30. The van der Waals surface area contributed by atoms with Gasteiger partial charge in [0.15, 0.2) is 16.7 Å². The van der Waals surface area contributed by atoms with E-state index in [-0.39, 0.29) is 18.2 Å². The van der Waals surface area contributed by atoms with E-state index in [1.54, 1.807) is 75.1 Å². The zero-order valence-electron chi connectivity index (χ0n) is 18.0. The zero-order chi connectivity index (χ0) is 23.2. The Balaban J connectivity index is 1.64. The van der Waals surface area contributed by atoms with Gasteiger partial charge < -0.3 is 19.0 Å². The van der Waals surface area contributed by atoms with Crippen LogP contribution in [0.4, 0.5) is 0 Å². The SMILES string of the molecule is COc1ccc(/C=C2\S/C(=N/N=C\c3ccccc3O)N(Cc3ccco3)C2=O)cc1OC. The summed E-state index contributed by atoms with van der Waals surface area (Å²) in [5, 5.41) is 18.6. The van der Waals surface area contributed by atoms with Gasteiger partial charge in [0.05, 0.1) is 38.1 Å². The number of hydrogen-bond donors (Lipinski definition) is 1. The number of furan rings is 1. The predicted octanol–water partition coefficient (Wildman–Crippen LogP) is 4.51. The molecule has 8 nitrogen and oxygen atoms in total. The van der Waals surface area contributed by atoms with Crippen molar-refractivity contribution in [2.75, 3.05) is 14.2 Å². The van der Waals surface area contributed by atoms with Crippen molar-refractivity contribution >= 4 is 35.1 Å². The molecule has 0 saturated carbocycles. The van der Waals surface area contributed by atoms with Crippen LogP contribution in [0.1, 0.15) is 16.9 Å². The third-order valence-electron chi connectivity index (χ3n) is 4.76. The molecule has 33 heavy (non-hydrogen) atoms. The van der Waals surface area contributed by atoms with Gasteiger partial charge in [-0.25, -0.2) is 0 Å². The van der Waals surface area contributed by atoms with Crippen LogP contribution in [-0.2, 0) is 11.3 Å². The van der Waals surface area contributed by atoms with Crippen molar-refractivity contribution in [2.45, 2.75) is 6.54 Å². The van der Waals surface area contributed by atoms with E-state index in [1.165, 1.54) is 22.9 Å². The second kappa shape index (κ2) is 10.1. The first-order chi connectivity index (χ1) is 16.1. The minimum absolute atomic E-state index is 0.0954. The molecule has 168 valence electrons. The number of thioether (sulfide) groups is 1. The number of phenols is 1. The smallest absolute Gasteiger partial charge is 0.267 e. The number of hydrogen-bond acceptors (Lipinski definition) is 8. The molecule has 0 aliphatic carbocycles. The van der Waals surface area contributed by atoms with Gasteiger partial charge in [0.2, 0.25) is 0 Å². The highest BCUT2D eigenvalue weighted by atomic mass is 32.2. The number of carbonyl (C=O) groups is 1. The molecule has 3 aromatic rings. The number of amidine groups is 1. The summed E-state index contributed by atoms with van der Waals surface area (Å²) >= 11 is 1.20. The Morgan fingerprint density at radius 1 is 1.09 bits per heavy atom. The van der Waals surface area contributed by atoms with Crippen molar-refractivity contribution in [2.24, 2.45) is 10.2 Å². The lowest BCUT2D eigenvalue weighted by Crippen LogP contribution is -2.28. The lowest BCUT2D eigenvalue weighted by atomic mass is 10.2. The van der Waals surface area contributed by atoms with Gasteiger partial charge in [-0.1, -0.05) is 18.2 Å². The number of rotatable bonds is 7. The second-order valence-electron chi connectivity index (χ2n) is 6.88. The van der Waals surface area contributed by atoms with Crippen LogP contribution in [0.5, 0.6) is 17.2 Å². The third kappa shape index (κ3) is 5.09. The first-order valence-corrected chi connectivity index (χ1v) is 10.8. The molecule has 1 saturated heterocycles. The molecule has 0 atom stereocenters. The fourth-order valence-corrected chi connectivity index (χ4v) is 4.05. The summed E-state index contributed by atoms with van der Waals surface area (Å²) in [6.07, 6.45) is 4.75. The Morgan fingerprint density at radius 2 is 1.91 bits per heavy atom. The fourth-order valence-electron chi connectivity index (χ4n) is 3.11. The molecule has 4 rings (SSSR count). The molecule has 1 aliphatic rings. The summed E-state index contributed by atoms with van der Waals surface area (Å²) in [6.45, 7) is 0.215. The van der Waals surface area contributed by atoms with Crippen LogP contribution in [0.15, 0.2) is 80.4 Å². The van der Waals surface area contributed by atoms with Crippen molar-refractivity contribution in [3.8, 4) is 17.2 Å². The van der Waals surface area contributed by atoms with E-state index in [9.17, 15) is 9.90 Å². The molecule has 0 radical (unpaired) electrons. The number of carbonyl (C=O) groups excluding carboxylic acids is 1. The van der Waals surface area contributed by atoms with Crippen molar-refractivity contribution in [3.63, 3.8) is 0 Å². The van der Waals surface area contributed by atoms with Gasteiger partial charge in [0.1, 0.15) is 11.5 Å². The summed E-state index contributed by atoms with van der Waals surface area (Å²) in [7, 11) is 3.12. The Hall–Kier alpha value is -3.98. The lowest BCUT2D eigenvalue weighted by Gasteiger charge is -2.12. The Labute approximate surface area is 194 Å². The number of aromatic hydroxyl groups is 1. The number of ether oxygens (including phenoxy) is 2. The largest absolute Gasteiger partial charge is 0.507 e. The topological polar surface area (TPSA) is 96.9 Å². The van der Waals surface area contributed by atoms with Crippen LogP contribution in [0.3, 0.4) is 0 Å². The van der Waals surface area contributed by atoms with Crippen LogP contribution in [-0.4, -0.2) is 41.5 Å². The average Bonchev–Trinajstić information content (AvgIpc) is 3.44. The van der Waals surface area contributed by atoms with Crippen LogP contribution < -0.4 is 9.47 Å². The fraction of sp³-hybridized carbons (Fsp3) is 0.125. The van der Waals surface area contributed by atoms with E-state index < -0.39 is 0 Å². The van der Waals surface area contributed by atoms with Crippen LogP contribution >= 0.6 is 11.8 Å². The molecule has 1 amide bonds. The molecular formula is C24H21N3O5S. The monoisotopic (exact) mass is 463 g/mol. The molecule has 9 heteroatoms. The molecule has 0 spiro atoms. The van der Waals surface area contributed by atoms with Crippen molar-refractivity contribution < 1.29 is 23.8 Å². The number of phenolic OH excluding ortho intramolecular Hbond substituents is 1. The standard InChI is InChI=1S/C24H21N3O5S/c1-30-20-10-9-16(12-21(20)31-2)13-22-23(29)27(15-18-7-5-11-32-18)24(33-22)26-25-14-17-6-3-4-8-19(17)28/h3-14,28H,15H2,1-2H3/b22-13-,25-14-,26-24+. The molecule has 1 fully saturated rings. The highest BCUT2D eigenvalue weighted by Gasteiger charge is 2.34. The maximum Gasteiger partial charge on any atom is 0.267 e. The number of para-hydroxylation sites is 1. The van der Waals surface area contributed by atoms with E-state index in [0.717, 1.165) is 5.56 Å². The Bertz CT molecular complexity index is 1230. The molecule has 0 unspecified atom stereocenters. The van der Waals surface area contributed by atoms with E-state index >= 15 is 0 Å². The van der Waals surface area contributed by atoms with E-state index in [0.29, 0.717) is 32.9 Å². The molecule has 0 bridgehead atoms. The molecule has 2 heterocycles. The van der Waals surface area contributed by atoms with Gasteiger partial charge in [0, 0.05) is 5.56 Å². The summed E-state index contributed by atoms with van der Waals surface area (Å²) in [4.78, 5) is 15.2. The highest BCUT2D eigenvalue weighted by molar-refractivity contribution is 8.18. The number of benzene rings is 2. The van der Waals surface area contributed by atoms with Crippen LogP contribution in [0.25, 0.3) is 6.08 Å². The van der Waals surface area contributed by atoms with E-state index in [1.807, 2.05) is 6.07 Å². The average molecular weight is 464 g/mol. The highest BCUT2D eigenvalue weighted by Crippen LogP contribution is 2.35. The van der Waals surface area contributed by atoms with E-state index in [4.69, 9.17) is 13.9 Å². The summed E-state index contributed by atoms with van der Waals surface area (Å²) < 4.78 is 16.0. The van der Waals surface area contributed by atoms with Gasteiger partial charge in [-0.15, -0.1) is 5.10 Å². The zero-order valence-corrected chi connectivity index (χ0v) is 18.8. The predicted molar refractivity (Wildman–Crippen MR) is 128 cm³/mol. The van der Waals surface area contributed by atoms with Gasteiger partial charge in [0.25, 0.3) is 5.91 Å². The Kier molecular flexibility index (Phi) is 6.80. The molecule has 1 aliphatic heterocycles. The summed E-state index contributed by atoms with van der Waals surface area (Å²) in [6, 6.07) is 15.8. The maximum absolute atomic E-state index is 13.2. The van der Waals surface area contributed by atoms with Crippen LogP contribution in [0.2, 0.25) is 0 Å². The molecular weight excluding hydrogens is 442 g/mol. The minimum atomic E-state index is -0.220. The maximum atomic E-state index is 13.2. The molecule has 1 aromatic heterocycles. The van der Waals surface area contributed by atoms with Crippen molar-refractivity contribution in [3.05, 3.63) is 82.7 Å². The van der Waals surface area contributed by atoms with Gasteiger partial charge in [-0.2, -0.15) is 5.10 Å².